The maximum Gasteiger partial charge on any atom is 0.343 e. The first-order valence-electron chi connectivity index (χ1n) is 12.2. The van der Waals surface area contributed by atoms with E-state index in [-0.39, 0.29) is 17.4 Å². The zero-order valence-corrected chi connectivity index (χ0v) is 20.8. The third-order valence-corrected chi connectivity index (χ3v) is 5.89. The Kier molecular flexibility index (Phi) is 6.62. The second-order valence-electron chi connectivity index (χ2n) is 8.59. The molecule has 4 aromatic carbocycles. The molecule has 0 aliphatic rings. The van der Waals surface area contributed by atoms with Crippen molar-refractivity contribution in [3.8, 4) is 11.5 Å². The summed E-state index contributed by atoms with van der Waals surface area (Å²) in [7, 11) is 0. The molecule has 0 saturated heterocycles. The van der Waals surface area contributed by atoms with E-state index in [1.807, 2.05) is 24.3 Å². The van der Waals surface area contributed by atoms with Gasteiger partial charge in [0.1, 0.15) is 5.52 Å². The molecule has 2 aromatic heterocycles. The number of aromatic nitrogens is 4. The predicted octanol–water partition coefficient (Wildman–Crippen LogP) is 5.39. The maximum atomic E-state index is 12.8. The van der Waals surface area contributed by atoms with E-state index in [9.17, 15) is 9.59 Å². The number of H-pyrrole nitrogens is 1. The van der Waals surface area contributed by atoms with Crippen LogP contribution in [0.4, 0.5) is 5.95 Å². The number of hydrazone groups is 1. The largest absolute Gasteiger partial charge is 0.419 e. The molecule has 0 aliphatic heterocycles. The van der Waals surface area contributed by atoms with E-state index >= 15 is 0 Å². The molecule has 6 aromatic rings. The number of ether oxygens (including phenoxy) is 2. The maximum absolute atomic E-state index is 12.8. The van der Waals surface area contributed by atoms with Gasteiger partial charge in [-0.2, -0.15) is 10.1 Å². The first-order valence-corrected chi connectivity index (χ1v) is 12.2. The lowest BCUT2D eigenvalue weighted by Crippen LogP contribution is -2.13. The van der Waals surface area contributed by atoms with Gasteiger partial charge in [-0.1, -0.05) is 54.6 Å². The standard InChI is InChI=1S/C30H20N6O4/c37-28(20-9-3-1-4-10-20)39-24-16-15-19(17-25(24)40-29(38)21-11-5-2-6-12-21)18-31-35-30-33-27-26(34-36-30)22-13-7-8-14-23(22)32-27/h1-18H,(H2,32,33,35,36). The Balaban J connectivity index is 1.24. The fourth-order valence-electron chi connectivity index (χ4n) is 3.97. The van der Waals surface area contributed by atoms with Crippen molar-refractivity contribution >= 4 is 46.2 Å². The van der Waals surface area contributed by atoms with E-state index in [0.29, 0.717) is 27.9 Å². The fourth-order valence-corrected chi connectivity index (χ4v) is 3.97. The summed E-state index contributed by atoms with van der Waals surface area (Å²) < 4.78 is 11.2. The molecule has 0 saturated carbocycles. The lowest BCUT2D eigenvalue weighted by Gasteiger charge is -2.11. The second-order valence-corrected chi connectivity index (χ2v) is 8.59. The first-order chi connectivity index (χ1) is 19.6. The minimum Gasteiger partial charge on any atom is -0.419 e. The van der Waals surface area contributed by atoms with E-state index in [2.05, 4.69) is 30.7 Å². The average Bonchev–Trinajstić information content (AvgIpc) is 3.37. The van der Waals surface area contributed by atoms with Crippen molar-refractivity contribution in [1.82, 2.24) is 20.2 Å². The molecule has 0 fully saturated rings. The molecule has 0 aliphatic carbocycles. The number of fused-ring (bicyclic) bond motifs is 3. The molecule has 0 spiro atoms. The van der Waals surface area contributed by atoms with E-state index in [1.54, 1.807) is 72.8 Å². The SMILES string of the molecule is O=C(Oc1ccc(C=NNc2nnc3c(n2)[nH]c2ccccc23)cc1OC(=O)c1ccccc1)c1ccccc1. The number of hydrogen-bond donors (Lipinski definition) is 2. The summed E-state index contributed by atoms with van der Waals surface area (Å²) in [6.45, 7) is 0. The molecular weight excluding hydrogens is 508 g/mol. The van der Waals surface area contributed by atoms with Crippen LogP contribution in [0.2, 0.25) is 0 Å². The average molecular weight is 529 g/mol. The van der Waals surface area contributed by atoms with E-state index in [1.165, 1.54) is 12.3 Å². The topological polar surface area (TPSA) is 131 Å². The molecule has 2 N–H and O–H groups in total. The highest BCUT2D eigenvalue weighted by molar-refractivity contribution is 6.03. The zero-order chi connectivity index (χ0) is 27.3. The van der Waals surface area contributed by atoms with Crippen molar-refractivity contribution in [2.75, 3.05) is 5.43 Å². The normalized spacial score (nSPS) is 11.1. The van der Waals surface area contributed by atoms with Gasteiger partial charge in [-0.15, -0.1) is 10.2 Å². The Morgan fingerprint density at radius 2 is 1.40 bits per heavy atom. The van der Waals surface area contributed by atoms with E-state index in [4.69, 9.17) is 9.47 Å². The molecule has 0 radical (unpaired) electrons. The summed E-state index contributed by atoms with van der Waals surface area (Å²) in [6.07, 6.45) is 1.49. The van der Waals surface area contributed by atoms with Gasteiger partial charge < -0.3 is 14.5 Å². The number of nitrogens with one attached hydrogen (secondary N) is 2. The van der Waals surface area contributed by atoms with Gasteiger partial charge in [0, 0.05) is 10.9 Å². The lowest BCUT2D eigenvalue weighted by atomic mass is 10.2. The molecule has 0 unspecified atom stereocenters. The van der Waals surface area contributed by atoms with Crippen LogP contribution in [0.5, 0.6) is 11.5 Å². The van der Waals surface area contributed by atoms with Crippen molar-refractivity contribution in [2.24, 2.45) is 5.10 Å². The van der Waals surface area contributed by atoms with Gasteiger partial charge in [-0.25, -0.2) is 15.0 Å². The third kappa shape index (κ3) is 5.22. The molecule has 0 atom stereocenters. The highest BCUT2D eigenvalue weighted by Gasteiger charge is 2.17. The Morgan fingerprint density at radius 1 is 0.750 bits per heavy atom. The van der Waals surface area contributed by atoms with Gasteiger partial charge in [0.05, 0.1) is 17.3 Å². The number of rotatable bonds is 7. The van der Waals surface area contributed by atoms with Crippen LogP contribution >= 0.6 is 0 Å². The van der Waals surface area contributed by atoms with Crippen molar-refractivity contribution < 1.29 is 19.1 Å². The second kappa shape index (κ2) is 10.8. The highest BCUT2D eigenvalue weighted by Crippen LogP contribution is 2.30. The Hall–Kier alpha value is -5.90. The lowest BCUT2D eigenvalue weighted by molar-refractivity contribution is 0.0682. The molecule has 10 heteroatoms. The molecular formula is C30H20N6O4. The third-order valence-electron chi connectivity index (χ3n) is 5.89. The van der Waals surface area contributed by atoms with Gasteiger partial charge in [-0.05, 0) is 54.1 Å². The number of aromatic amines is 1. The van der Waals surface area contributed by atoms with Crippen LogP contribution in [0.3, 0.4) is 0 Å². The van der Waals surface area contributed by atoms with Crippen molar-refractivity contribution in [2.45, 2.75) is 0 Å². The van der Waals surface area contributed by atoms with Crippen LogP contribution in [0.25, 0.3) is 22.1 Å². The Morgan fingerprint density at radius 3 is 2.12 bits per heavy atom. The monoisotopic (exact) mass is 528 g/mol. The van der Waals surface area contributed by atoms with E-state index < -0.39 is 11.9 Å². The van der Waals surface area contributed by atoms with Crippen molar-refractivity contribution in [1.29, 1.82) is 0 Å². The number of carbonyl (C=O) groups excluding carboxylic acids is 2. The summed E-state index contributed by atoms with van der Waals surface area (Å²) >= 11 is 0. The van der Waals surface area contributed by atoms with Crippen LogP contribution in [-0.2, 0) is 0 Å². The van der Waals surface area contributed by atoms with Gasteiger partial charge in [0.25, 0.3) is 5.95 Å². The van der Waals surface area contributed by atoms with E-state index in [0.717, 1.165) is 10.9 Å². The van der Waals surface area contributed by atoms with Crippen LogP contribution in [-0.4, -0.2) is 38.3 Å². The summed E-state index contributed by atoms with van der Waals surface area (Å²) in [5.41, 5.74) is 6.17. The van der Waals surface area contributed by atoms with Crippen LogP contribution in [0.1, 0.15) is 26.3 Å². The molecule has 2 heterocycles. The number of nitrogens with zero attached hydrogens (tertiary/aromatic N) is 4. The quantitative estimate of drug-likeness (QED) is 0.122. The molecule has 6 rings (SSSR count). The van der Waals surface area contributed by atoms with Crippen LogP contribution < -0.4 is 14.9 Å². The van der Waals surface area contributed by atoms with Crippen LogP contribution in [0.15, 0.2) is 108 Å². The summed E-state index contributed by atoms with van der Waals surface area (Å²) in [5, 5.41) is 13.5. The predicted molar refractivity (Wildman–Crippen MR) is 150 cm³/mol. The van der Waals surface area contributed by atoms with Crippen molar-refractivity contribution in [3.63, 3.8) is 0 Å². The smallest absolute Gasteiger partial charge is 0.343 e. The number of para-hydroxylation sites is 1. The fraction of sp³-hybridized carbons (Fsp3) is 0. The van der Waals surface area contributed by atoms with Gasteiger partial charge in [0.2, 0.25) is 0 Å². The van der Waals surface area contributed by atoms with Gasteiger partial charge >= 0.3 is 11.9 Å². The van der Waals surface area contributed by atoms with Crippen molar-refractivity contribution in [3.05, 3.63) is 120 Å². The van der Waals surface area contributed by atoms with Gasteiger partial charge in [-0.3, -0.25) is 0 Å². The number of anilines is 1. The number of carbonyl (C=O) groups is 2. The Labute approximate surface area is 227 Å². The molecule has 0 amide bonds. The number of esters is 2. The summed E-state index contributed by atoms with van der Waals surface area (Å²) in [5.74, 6) is -0.854. The molecule has 194 valence electrons. The first kappa shape index (κ1) is 24.4. The number of benzene rings is 4. The number of hydrogen-bond acceptors (Lipinski definition) is 9. The van der Waals surface area contributed by atoms with Gasteiger partial charge in [0.15, 0.2) is 17.1 Å². The molecule has 0 bridgehead atoms. The summed E-state index contributed by atoms with van der Waals surface area (Å²) in [6, 6.07) is 29.5. The summed E-state index contributed by atoms with van der Waals surface area (Å²) in [4.78, 5) is 33.1. The zero-order valence-electron chi connectivity index (χ0n) is 20.8. The minimum absolute atomic E-state index is 0.0551. The highest BCUT2D eigenvalue weighted by atomic mass is 16.6. The Bertz CT molecular complexity index is 1870. The van der Waals surface area contributed by atoms with Crippen LogP contribution in [0, 0.1) is 0 Å². The minimum atomic E-state index is -0.601. The molecule has 10 nitrogen and oxygen atoms in total. The molecule has 40 heavy (non-hydrogen) atoms.